The van der Waals surface area contributed by atoms with Crippen LogP contribution in [0.4, 0.5) is 0 Å². The number of carbonyl (C=O) groups is 1. The van der Waals surface area contributed by atoms with Gasteiger partial charge in [-0.3, -0.25) is 4.79 Å². The van der Waals surface area contributed by atoms with E-state index in [4.69, 9.17) is 9.84 Å². The van der Waals surface area contributed by atoms with E-state index in [2.05, 4.69) is 0 Å². The Bertz CT molecular complexity index is 168. The van der Waals surface area contributed by atoms with Crippen LogP contribution in [0.15, 0.2) is 0 Å². The van der Waals surface area contributed by atoms with Gasteiger partial charge in [-0.15, -0.1) is 0 Å². The molecule has 0 bridgehead atoms. The minimum absolute atomic E-state index is 0.0798. The standard InChI is InChI=1S/C8H14O4/c1-5-4-7(12-8(5)11)6(10)2-3-9/h5-7,9-10H,2-4H2,1H3/t5-,6+,7+/m0/s1. The zero-order chi connectivity index (χ0) is 9.14. The summed E-state index contributed by atoms with van der Waals surface area (Å²) >= 11 is 0. The molecule has 1 aliphatic rings. The van der Waals surface area contributed by atoms with Crippen molar-refractivity contribution in [2.24, 2.45) is 5.92 Å². The maximum Gasteiger partial charge on any atom is 0.309 e. The van der Waals surface area contributed by atoms with Gasteiger partial charge in [0.2, 0.25) is 0 Å². The molecule has 0 spiro atoms. The summed E-state index contributed by atoms with van der Waals surface area (Å²) in [6.45, 7) is 1.69. The number of esters is 1. The van der Waals surface area contributed by atoms with E-state index >= 15 is 0 Å². The van der Waals surface area contributed by atoms with Gasteiger partial charge in [-0.2, -0.15) is 0 Å². The van der Waals surface area contributed by atoms with Crippen LogP contribution in [0.1, 0.15) is 19.8 Å². The first kappa shape index (κ1) is 9.48. The van der Waals surface area contributed by atoms with Gasteiger partial charge in [0, 0.05) is 13.0 Å². The molecule has 0 aromatic carbocycles. The number of carbonyl (C=O) groups excluding carboxylic acids is 1. The minimum atomic E-state index is -0.719. The molecule has 0 saturated carbocycles. The fourth-order valence-corrected chi connectivity index (χ4v) is 1.31. The molecular weight excluding hydrogens is 160 g/mol. The monoisotopic (exact) mass is 174 g/mol. The van der Waals surface area contributed by atoms with Crippen LogP contribution < -0.4 is 0 Å². The molecule has 0 aliphatic carbocycles. The largest absolute Gasteiger partial charge is 0.459 e. The number of aliphatic hydroxyl groups excluding tert-OH is 2. The van der Waals surface area contributed by atoms with Gasteiger partial charge in [0.25, 0.3) is 0 Å². The van der Waals surface area contributed by atoms with Gasteiger partial charge in [0.1, 0.15) is 6.10 Å². The molecule has 1 fully saturated rings. The Labute approximate surface area is 71.2 Å². The number of rotatable bonds is 3. The lowest BCUT2D eigenvalue weighted by molar-refractivity contribution is -0.147. The van der Waals surface area contributed by atoms with E-state index in [0.29, 0.717) is 6.42 Å². The van der Waals surface area contributed by atoms with Gasteiger partial charge in [0.15, 0.2) is 0 Å². The lowest BCUT2D eigenvalue weighted by Gasteiger charge is -2.15. The Morgan fingerprint density at radius 1 is 1.75 bits per heavy atom. The maximum absolute atomic E-state index is 10.9. The highest BCUT2D eigenvalue weighted by Crippen LogP contribution is 2.23. The van der Waals surface area contributed by atoms with E-state index in [0.717, 1.165) is 0 Å². The molecule has 70 valence electrons. The molecule has 12 heavy (non-hydrogen) atoms. The van der Waals surface area contributed by atoms with Gasteiger partial charge in [-0.1, -0.05) is 6.92 Å². The SMILES string of the molecule is C[C@H]1C[C@H]([C@H](O)CCO)OC1=O. The molecule has 1 rings (SSSR count). The number of hydrogen-bond acceptors (Lipinski definition) is 4. The topological polar surface area (TPSA) is 66.8 Å². The number of ether oxygens (including phenoxy) is 1. The van der Waals surface area contributed by atoms with E-state index in [-0.39, 0.29) is 24.9 Å². The first-order chi connectivity index (χ1) is 5.65. The first-order valence-corrected chi connectivity index (χ1v) is 4.14. The van der Waals surface area contributed by atoms with E-state index in [1.54, 1.807) is 6.92 Å². The van der Waals surface area contributed by atoms with Crippen molar-refractivity contribution in [3.05, 3.63) is 0 Å². The van der Waals surface area contributed by atoms with Gasteiger partial charge in [-0.05, 0) is 6.42 Å². The molecule has 1 saturated heterocycles. The van der Waals surface area contributed by atoms with E-state index < -0.39 is 12.2 Å². The predicted octanol–water partition coefficient (Wildman–Crippen LogP) is -0.319. The van der Waals surface area contributed by atoms with Crippen molar-refractivity contribution in [3.63, 3.8) is 0 Å². The van der Waals surface area contributed by atoms with Crippen LogP contribution in [0.5, 0.6) is 0 Å². The second kappa shape index (κ2) is 3.87. The molecule has 4 nitrogen and oxygen atoms in total. The van der Waals surface area contributed by atoms with Crippen molar-refractivity contribution in [2.75, 3.05) is 6.61 Å². The molecule has 0 radical (unpaired) electrons. The van der Waals surface area contributed by atoms with Crippen molar-refractivity contribution in [2.45, 2.75) is 32.0 Å². The molecule has 4 heteroatoms. The summed E-state index contributed by atoms with van der Waals surface area (Å²) in [5, 5.41) is 17.9. The average molecular weight is 174 g/mol. The van der Waals surface area contributed by atoms with Gasteiger partial charge < -0.3 is 14.9 Å². The lowest BCUT2D eigenvalue weighted by Crippen LogP contribution is -2.26. The smallest absolute Gasteiger partial charge is 0.309 e. The van der Waals surface area contributed by atoms with Crippen LogP contribution in [0.2, 0.25) is 0 Å². The third-order valence-corrected chi connectivity index (χ3v) is 2.11. The summed E-state index contributed by atoms with van der Waals surface area (Å²) in [6, 6.07) is 0. The Morgan fingerprint density at radius 2 is 2.42 bits per heavy atom. The van der Waals surface area contributed by atoms with Crippen molar-refractivity contribution >= 4 is 5.97 Å². The summed E-state index contributed by atoms with van der Waals surface area (Å²) in [5.74, 6) is -0.375. The second-order valence-electron chi connectivity index (χ2n) is 3.19. The molecule has 1 heterocycles. The van der Waals surface area contributed by atoms with E-state index in [1.165, 1.54) is 0 Å². The number of cyclic esters (lactones) is 1. The van der Waals surface area contributed by atoms with Crippen LogP contribution in [-0.2, 0) is 9.53 Å². The molecule has 0 unspecified atom stereocenters. The second-order valence-corrected chi connectivity index (χ2v) is 3.19. The predicted molar refractivity (Wildman–Crippen MR) is 41.4 cm³/mol. The van der Waals surface area contributed by atoms with Crippen LogP contribution in [0.3, 0.4) is 0 Å². The van der Waals surface area contributed by atoms with E-state index in [9.17, 15) is 9.90 Å². The fraction of sp³-hybridized carbons (Fsp3) is 0.875. The maximum atomic E-state index is 10.9. The summed E-state index contributed by atoms with van der Waals surface area (Å²) in [4.78, 5) is 10.9. The summed E-state index contributed by atoms with van der Waals surface area (Å²) < 4.78 is 4.89. The number of hydrogen-bond donors (Lipinski definition) is 2. The summed E-state index contributed by atoms with van der Waals surface area (Å²) in [5.41, 5.74) is 0. The van der Waals surface area contributed by atoms with Crippen LogP contribution in [0.25, 0.3) is 0 Å². The van der Waals surface area contributed by atoms with Crippen LogP contribution in [0, 0.1) is 5.92 Å². The lowest BCUT2D eigenvalue weighted by atomic mass is 10.0. The first-order valence-electron chi connectivity index (χ1n) is 4.14. The Kier molecular flexibility index (Phi) is 3.05. The van der Waals surface area contributed by atoms with Gasteiger partial charge in [-0.25, -0.2) is 0 Å². The Hall–Kier alpha value is -0.610. The summed E-state index contributed by atoms with van der Waals surface area (Å²) in [6.07, 6.45) is -0.312. The molecule has 0 aromatic rings. The average Bonchev–Trinajstić information content (AvgIpc) is 2.33. The van der Waals surface area contributed by atoms with Crippen molar-refractivity contribution in [1.29, 1.82) is 0 Å². The molecular formula is C8H14O4. The van der Waals surface area contributed by atoms with Crippen LogP contribution >= 0.6 is 0 Å². The highest BCUT2D eigenvalue weighted by atomic mass is 16.6. The molecule has 0 aromatic heterocycles. The molecule has 1 aliphatic heterocycles. The zero-order valence-electron chi connectivity index (χ0n) is 7.06. The van der Waals surface area contributed by atoms with Crippen LogP contribution in [-0.4, -0.2) is 35.0 Å². The zero-order valence-corrected chi connectivity index (χ0v) is 7.06. The highest BCUT2D eigenvalue weighted by Gasteiger charge is 2.35. The fourth-order valence-electron chi connectivity index (χ4n) is 1.31. The molecule has 3 atom stereocenters. The third kappa shape index (κ3) is 1.95. The van der Waals surface area contributed by atoms with Crippen molar-refractivity contribution in [1.82, 2.24) is 0 Å². The molecule has 2 N–H and O–H groups in total. The summed E-state index contributed by atoms with van der Waals surface area (Å²) in [7, 11) is 0. The van der Waals surface area contributed by atoms with Crippen molar-refractivity contribution in [3.8, 4) is 0 Å². The minimum Gasteiger partial charge on any atom is -0.459 e. The Balaban J connectivity index is 2.40. The highest BCUT2D eigenvalue weighted by molar-refractivity contribution is 5.74. The third-order valence-electron chi connectivity index (χ3n) is 2.11. The number of aliphatic hydroxyl groups is 2. The van der Waals surface area contributed by atoms with Gasteiger partial charge >= 0.3 is 5.97 Å². The molecule has 0 amide bonds. The Morgan fingerprint density at radius 3 is 2.83 bits per heavy atom. The van der Waals surface area contributed by atoms with Gasteiger partial charge in [0.05, 0.1) is 12.0 Å². The van der Waals surface area contributed by atoms with Crippen molar-refractivity contribution < 1.29 is 19.7 Å². The van der Waals surface area contributed by atoms with E-state index in [1.807, 2.05) is 0 Å². The quantitative estimate of drug-likeness (QED) is 0.575. The normalized spacial score (nSPS) is 31.8.